The van der Waals surface area contributed by atoms with Crippen LogP contribution in [0.4, 0.5) is 5.82 Å². The first-order valence-electron chi connectivity index (χ1n) is 8.04. The maximum atomic E-state index is 12.2. The summed E-state index contributed by atoms with van der Waals surface area (Å²) in [5.74, 6) is 1.78. The minimum atomic E-state index is -0.337. The van der Waals surface area contributed by atoms with Crippen molar-refractivity contribution >= 4 is 11.7 Å². The highest BCUT2D eigenvalue weighted by molar-refractivity contribution is 6.01. The quantitative estimate of drug-likeness (QED) is 0.748. The fourth-order valence-corrected chi connectivity index (χ4v) is 2.37. The number of aromatic nitrogens is 1. The van der Waals surface area contributed by atoms with Gasteiger partial charge < -0.3 is 14.5 Å². The molecule has 1 amide bonds. The number of rotatable bonds is 5. The summed E-state index contributed by atoms with van der Waals surface area (Å²) < 4.78 is 11.4. The molecule has 1 N–H and O–H groups in total. The number of furan rings is 1. The number of nitrogens with zero attached hydrogens (tertiary/aromatic N) is 1. The third-order valence-electron chi connectivity index (χ3n) is 3.76. The minimum absolute atomic E-state index is 0.225. The van der Waals surface area contributed by atoms with Crippen molar-refractivity contribution < 1.29 is 13.9 Å². The zero-order valence-electron chi connectivity index (χ0n) is 14.5. The number of carbonyl (C=O) groups excluding carboxylic acids is 1. The molecule has 5 nitrogen and oxygen atoms in total. The zero-order valence-corrected chi connectivity index (χ0v) is 14.5. The van der Waals surface area contributed by atoms with Gasteiger partial charge in [-0.15, -0.1) is 0 Å². The van der Waals surface area contributed by atoms with Crippen molar-refractivity contribution in [2.75, 3.05) is 5.32 Å². The number of benzene rings is 1. The zero-order chi connectivity index (χ0) is 17.8. The summed E-state index contributed by atoms with van der Waals surface area (Å²) in [6.07, 6.45) is 1.65. The number of amides is 1. The summed E-state index contributed by atoms with van der Waals surface area (Å²) in [5.41, 5.74) is 3.21. The number of hydrogen-bond acceptors (Lipinski definition) is 4. The van der Waals surface area contributed by atoms with Crippen LogP contribution >= 0.6 is 0 Å². The van der Waals surface area contributed by atoms with Crippen molar-refractivity contribution in [1.29, 1.82) is 0 Å². The largest absolute Gasteiger partial charge is 0.485 e. The molecular weight excluding hydrogens is 316 g/mol. The molecule has 0 saturated heterocycles. The molecular formula is C20H20N2O3. The van der Waals surface area contributed by atoms with Crippen LogP contribution in [0.25, 0.3) is 0 Å². The van der Waals surface area contributed by atoms with Crippen LogP contribution in [-0.2, 0) is 6.61 Å². The van der Waals surface area contributed by atoms with Crippen LogP contribution in [0.15, 0.2) is 53.1 Å². The van der Waals surface area contributed by atoms with Crippen molar-refractivity contribution in [3.8, 4) is 5.75 Å². The molecule has 0 spiro atoms. The number of anilines is 1. The van der Waals surface area contributed by atoms with E-state index in [2.05, 4.69) is 10.3 Å². The van der Waals surface area contributed by atoms with Crippen LogP contribution in [0.2, 0.25) is 0 Å². The second-order valence-electron chi connectivity index (χ2n) is 6.00. The van der Waals surface area contributed by atoms with Crippen LogP contribution in [0.3, 0.4) is 0 Å². The van der Waals surface area contributed by atoms with Gasteiger partial charge in [-0.2, -0.15) is 0 Å². The number of nitrogens with one attached hydrogen (secondary N) is 1. The Morgan fingerprint density at radius 1 is 1.08 bits per heavy atom. The fourth-order valence-electron chi connectivity index (χ4n) is 2.37. The third-order valence-corrected chi connectivity index (χ3v) is 3.76. The Kier molecular flexibility index (Phi) is 4.84. The smallest absolute Gasteiger partial charge is 0.292 e. The molecule has 3 rings (SSSR count). The second kappa shape index (κ2) is 7.21. The second-order valence-corrected chi connectivity index (χ2v) is 6.00. The van der Waals surface area contributed by atoms with Crippen LogP contribution in [0, 0.1) is 20.8 Å². The average molecular weight is 336 g/mol. The Morgan fingerprint density at radius 3 is 2.68 bits per heavy atom. The molecule has 0 aliphatic carbocycles. The lowest BCUT2D eigenvalue weighted by atomic mass is 10.1. The monoisotopic (exact) mass is 336 g/mol. The van der Waals surface area contributed by atoms with Gasteiger partial charge in [-0.3, -0.25) is 4.79 Å². The Balaban J connectivity index is 1.63. The first kappa shape index (κ1) is 16.8. The molecule has 5 heteroatoms. The van der Waals surface area contributed by atoms with Gasteiger partial charge in [0.05, 0.1) is 0 Å². The molecule has 0 aliphatic heterocycles. The summed E-state index contributed by atoms with van der Waals surface area (Å²) in [6, 6.07) is 13.1. The SMILES string of the molecule is Cc1ccnc(NC(=O)c2ccc(COc3cc(C)ccc3C)o2)c1. The fraction of sp³-hybridized carbons (Fsp3) is 0.200. The number of pyridine rings is 1. The topological polar surface area (TPSA) is 64.4 Å². The van der Waals surface area contributed by atoms with E-state index < -0.39 is 0 Å². The van der Waals surface area contributed by atoms with Crippen molar-refractivity contribution in [2.45, 2.75) is 27.4 Å². The van der Waals surface area contributed by atoms with E-state index in [0.717, 1.165) is 22.4 Å². The molecule has 2 aromatic heterocycles. The Bertz CT molecular complexity index is 899. The molecule has 25 heavy (non-hydrogen) atoms. The lowest BCUT2D eigenvalue weighted by Gasteiger charge is -2.08. The van der Waals surface area contributed by atoms with E-state index in [1.165, 1.54) is 0 Å². The van der Waals surface area contributed by atoms with Crippen LogP contribution in [-0.4, -0.2) is 10.9 Å². The van der Waals surface area contributed by atoms with E-state index in [0.29, 0.717) is 11.6 Å². The lowest BCUT2D eigenvalue weighted by Crippen LogP contribution is -2.12. The molecule has 0 aliphatic rings. The van der Waals surface area contributed by atoms with Crippen LogP contribution in [0.1, 0.15) is 33.0 Å². The molecule has 3 aromatic rings. The average Bonchev–Trinajstić information content (AvgIpc) is 3.05. The first-order chi connectivity index (χ1) is 12.0. The summed E-state index contributed by atoms with van der Waals surface area (Å²) >= 11 is 0. The summed E-state index contributed by atoms with van der Waals surface area (Å²) in [4.78, 5) is 16.3. The molecule has 0 fully saturated rings. The molecule has 0 bridgehead atoms. The molecule has 0 unspecified atom stereocenters. The Hall–Kier alpha value is -3.08. The maximum absolute atomic E-state index is 12.2. The standard InChI is InChI=1S/C20H20N2O3/c1-13-4-5-15(3)18(10-13)24-12-16-6-7-17(25-16)20(23)22-19-11-14(2)8-9-21-19/h4-11H,12H2,1-3H3,(H,21,22,23). The lowest BCUT2D eigenvalue weighted by molar-refractivity contribution is 0.0992. The van der Waals surface area contributed by atoms with Gasteiger partial charge in [0.15, 0.2) is 5.76 Å². The van der Waals surface area contributed by atoms with E-state index >= 15 is 0 Å². The predicted molar refractivity (Wildman–Crippen MR) is 95.9 cm³/mol. The summed E-state index contributed by atoms with van der Waals surface area (Å²) in [6.45, 7) is 6.21. The number of aryl methyl sites for hydroxylation is 3. The Labute approximate surface area is 146 Å². The highest BCUT2D eigenvalue weighted by atomic mass is 16.5. The van der Waals surface area contributed by atoms with Crippen molar-refractivity contribution in [3.63, 3.8) is 0 Å². The van der Waals surface area contributed by atoms with Gasteiger partial charge >= 0.3 is 0 Å². The van der Waals surface area contributed by atoms with Crippen LogP contribution < -0.4 is 10.1 Å². The van der Waals surface area contributed by atoms with E-state index in [1.54, 1.807) is 24.4 Å². The molecule has 2 heterocycles. The van der Waals surface area contributed by atoms with Crippen molar-refractivity contribution in [2.24, 2.45) is 0 Å². The normalized spacial score (nSPS) is 10.5. The van der Waals surface area contributed by atoms with Gasteiger partial charge in [-0.05, 0) is 67.8 Å². The maximum Gasteiger partial charge on any atom is 0.292 e. The van der Waals surface area contributed by atoms with Gasteiger partial charge in [-0.1, -0.05) is 12.1 Å². The first-order valence-corrected chi connectivity index (χ1v) is 8.04. The van der Waals surface area contributed by atoms with Gasteiger partial charge in [0, 0.05) is 6.20 Å². The summed E-state index contributed by atoms with van der Waals surface area (Å²) in [5, 5.41) is 2.72. The Morgan fingerprint density at radius 2 is 1.88 bits per heavy atom. The van der Waals surface area contributed by atoms with E-state index in [9.17, 15) is 4.79 Å². The van der Waals surface area contributed by atoms with E-state index in [4.69, 9.17) is 9.15 Å². The molecule has 128 valence electrons. The minimum Gasteiger partial charge on any atom is -0.485 e. The predicted octanol–water partition coefficient (Wildman–Crippen LogP) is 4.43. The summed E-state index contributed by atoms with van der Waals surface area (Å²) in [7, 11) is 0. The van der Waals surface area contributed by atoms with Crippen LogP contribution in [0.5, 0.6) is 5.75 Å². The molecule has 1 aromatic carbocycles. The highest BCUT2D eigenvalue weighted by Crippen LogP contribution is 2.21. The van der Waals surface area contributed by atoms with E-state index in [-0.39, 0.29) is 18.3 Å². The number of hydrogen-bond donors (Lipinski definition) is 1. The molecule has 0 atom stereocenters. The number of ether oxygens (including phenoxy) is 1. The third kappa shape index (κ3) is 4.26. The number of carbonyl (C=O) groups is 1. The van der Waals surface area contributed by atoms with Gasteiger partial charge in [0.25, 0.3) is 5.91 Å². The van der Waals surface area contributed by atoms with Gasteiger partial charge in [-0.25, -0.2) is 4.98 Å². The highest BCUT2D eigenvalue weighted by Gasteiger charge is 2.13. The van der Waals surface area contributed by atoms with Gasteiger partial charge in [0.2, 0.25) is 0 Å². The van der Waals surface area contributed by atoms with E-state index in [1.807, 2.05) is 45.0 Å². The van der Waals surface area contributed by atoms with Gasteiger partial charge in [0.1, 0.15) is 23.9 Å². The molecule has 0 radical (unpaired) electrons. The van der Waals surface area contributed by atoms with Crippen molar-refractivity contribution in [1.82, 2.24) is 4.98 Å². The molecule has 0 saturated carbocycles. The van der Waals surface area contributed by atoms with Crippen molar-refractivity contribution in [3.05, 3.63) is 76.9 Å².